The molecule has 0 saturated carbocycles. The van der Waals surface area contributed by atoms with E-state index in [1.165, 1.54) is 6.07 Å². The number of benzene rings is 1. The summed E-state index contributed by atoms with van der Waals surface area (Å²) in [5.41, 5.74) is 4.21. The molecule has 2 aromatic heterocycles. The Kier molecular flexibility index (Phi) is 5.15. The van der Waals surface area contributed by atoms with E-state index in [2.05, 4.69) is 25.4 Å². The van der Waals surface area contributed by atoms with Crippen molar-refractivity contribution in [3.8, 4) is 11.1 Å². The first-order valence-corrected chi connectivity index (χ1v) is 9.55. The molecule has 0 atom stereocenters. The number of aromatic nitrogens is 4. The van der Waals surface area contributed by atoms with Crippen molar-refractivity contribution in [1.29, 1.82) is 0 Å². The summed E-state index contributed by atoms with van der Waals surface area (Å²) in [7, 11) is 1.81. The fourth-order valence-electron chi connectivity index (χ4n) is 3.17. The van der Waals surface area contributed by atoms with E-state index in [9.17, 15) is 4.39 Å². The summed E-state index contributed by atoms with van der Waals surface area (Å²) in [6.45, 7) is 4.63. The van der Waals surface area contributed by atoms with Crippen LogP contribution in [-0.2, 0) is 13.5 Å². The number of aliphatic imine (C=N–C) groups is 1. The summed E-state index contributed by atoms with van der Waals surface area (Å²) in [6.07, 6.45) is 7.34. The number of nitrogens with zero attached hydrogens (tertiary/aromatic N) is 5. The van der Waals surface area contributed by atoms with Gasteiger partial charge in [0.25, 0.3) is 0 Å². The van der Waals surface area contributed by atoms with Gasteiger partial charge >= 0.3 is 0 Å². The standard InChI is InChI=1S/C21H20ClFN6/c1-12-4-19(24-8-12)27-21-17(22)10-25-20(28-21)7-14-6-18(23)16(5-13(14)2)15-9-26-29(3)11-15/h4-6,9-11H,7-8H2,1-3H3,(H,24,25,27,28). The normalized spacial score (nSPS) is 13.4. The molecule has 29 heavy (non-hydrogen) atoms. The van der Waals surface area contributed by atoms with Crippen LogP contribution in [0.1, 0.15) is 23.9 Å². The number of nitrogens with one attached hydrogen (secondary N) is 1. The van der Waals surface area contributed by atoms with Crippen molar-refractivity contribution in [2.45, 2.75) is 20.3 Å². The Morgan fingerprint density at radius 3 is 2.76 bits per heavy atom. The molecule has 1 aliphatic rings. The van der Waals surface area contributed by atoms with E-state index in [1.54, 1.807) is 30.3 Å². The third-order valence-electron chi connectivity index (χ3n) is 4.71. The van der Waals surface area contributed by atoms with Crippen molar-refractivity contribution in [3.05, 3.63) is 70.2 Å². The molecule has 0 spiro atoms. The average Bonchev–Trinajstić information content (AvgIpc) is 3.29. The second kappa shape index (κ2) is 7.75. The van der Waals surface area contributed by atoms with Gasteiger partial charge in [0.2, 0.25) is 0 Å². The van der Waals surface area contributed by atoms with Crippen molar-refractivity contribution in [1.82, 2.24) is 19.7 Å². The minimum absolute atomic E-state index is 0.299. The molecule has 0 bridgehead atoms. The molecule has 3 aromatic rings. The number of halogens is 2. The molecule has 0 unspecified atom stereocenters. The zero-order valence-electron chi connectivity index (χ0n) is 16.4. The van der Waals surface area contributed by atoms with Crippen LogP contribution >= 0.6 is 11.6 Å². The number of hydrogen-bond donors (Lipinski definition) is 1. The van der Waals surface area contributed by atoms with Gasteiger partial charge in [-0.2, -0.15) is 5.10 Å². The Balaban J connectivity index is 1.59. The van der Waals surface area contributed by atoms with Crippen LogP contribution in [0.15, 0.2) is 47.4 Å². The molecule has 148 valence electrons. The molecule has 0 radical (unpaired) electrons. The van der Waals surface area contributed by atoms with Gasteiger partial charge in [0.05, 0.1) is 18.9 Å². The van der Waals surface area contributed by atoms with Gasteiger partial charge in [-0.3, -0.25) is 9.67 Å². The average molecular weight is 411 g/mol. The van der Waals surface area contributed by atoms with Gasteiger partial charge in [-0.15, -0.1) is 0 Å². The second-order valence-corrected chi connectivity index (χ2v) is 7.55. The molecule has 8 heteroatoms. The maximum absolute atomic E-state index is 14.7. The second-order valence-electron chi connectivity index (χ2n) is 7.14. The van der Waals surface area contributed by atoms with Gasteiger partial charge in [-0.1, -0.05) is 11.6 Å². The van der Waals surface area contributed by atoms with Gasteiger partial charge < -0.3 is 5.32 Å². The highest BCUT2D eigenvalue weighted by Crippen LogP contribution is 2.27. The monoisotopic (exact) mass is 410 g/mol. The largest absolute Gasteiger partial charge is 0.324 e. The van der Waals surface area contributed by atoms with Crippen LogP contribution in [-0.4, -0.2) is 32.1 Å². The molecule has 3 heterocycles. The Bertz CT molecular complexity index is 1150. The summed E-state index contributed by atoms with van der Waals surface area (Å²) in [5.74, 6) is 1.46. The zero-order chi connectivity index (χ0) is 20.5. The van der Waals surface area contributed by atoms with E-state index < -0.39 is 0 Å². The lowest BCUT2D eigenvalue weighted by molar-refractivity contribution is 0.628. The fraction of sp³-hybridized carbons (Fsp3) is 0.238. The van der Waals surface area contributed by atoms with Gasteiger partial charge in [-0.25, -0.2) is 14.4 Å². The number of anilines is 1. The Labute approximate surface area is 173 Å². The number of amidine groups is 1. The van der Waals surface area contributed by atoms with E-state index in [0.717, 1.165) is 28.1 Å². The lowest BCUT2D eigenvalue weighted by atomic mass is 9.99. The van der Waals surface area contributed by atoms with E-state index in [0.29, 0.717) is 35.2 Å². The predicted molar refractivity (Wildman–Crippen MR) is 113 cm³/mol. The molecule has 1 N–H and O–H groups in total. The molecule has 0 saturated heterocycles. The minimum atomic E-state index is -0.299. The van der Waals surface area contributed by atoms with E-state index in [4.69, 9.17) is 11.6 Å². The molecular weight excluding hydrogens is 391 g/mol. The molecule has 0 aliphatic carbocycles. The smallest absolute Gasteiger partial charge is 0.154 e. The van der Waals surface area contributed by atoms with Crippen LogP contribution in [0.3, 0.4) is 0 Å². The zero-order valence-corrected chi connectivity index (χ0v) is 17.1. The lowest BCUT2D eigenvalue weighted by Gasteiger charge is -2.11. The fourth-order valence-corrected chi connectivity index (χ4v) is 3.31. The van der Waals surface area contributed by atoms with Crippen molar-refractivity contribution in [2.24, 2.45) is 12.0 Å². The quantitative estimate of drug-likeness (QED) is 0.694. The highest BCUT2D eigenvalue weighted by Gasteiger charge is 2.14. The first-order chi connectivity index (χ1) is 13.9. The number of hydrogen-bond acceptors (Lipinski definition) is 5. The van der Waals surface area contributed by atoms with E-state index >= 15 is 0 Å². The third-order valence-corrected chi connectivity index (χ3v) is 4.99. The molecule has 0 amide bonds. The molecule has 1 aliphatic heterocycles. The molecular formula is C21H20ClFN6. The van der Waals surface area contributed by atoms with E-state index in [1.807, 2.05) is 26.0 Å². The van der Waals surface area contributed by atoms with Crippen LogP contribution < -0.4 is 5.32 Å². The van der Waals surface area contributed by atoms with Crippen LogP contribution in [0.2, 0.25) is 5.02 Å². The maximum Gasteiger partial charge on any atom is 0.154 e. The highest BCUT2D eigenvalue weighted by molar-refractivity contribution is 6.33. The molecule has 0 fully saturated rings. The molecule has 1 aromatic carbocycles. The lowest BCUT2D eigenvalue weighted by Crippen LogP contribution is -2.11. The van der Waals surface area contributed by atoms with Gasteiger partial charge in [-0.05, 0) is 48.8 Å². The van der Waals surface area contributed by atoms with Crippen LogP contribution in [0, 0.1) is 12.7 Å². The number of aryl methyl sites for hydroxylation is 2. The van der Waals surface area contributed by atoms with Crippen molar-refractivity contribution < 1.29 is 4.39 Å². The molecule has 6 nitrogen and oxygen atoms in total. The van der Waals surface area contributed by atoms with Crippen LogP contribution in [0.4, 0.5) is 10.2 Å². The van der Waals surface area contributed by atoms with Gasteiger partial charge in [0.15, 0.2) is 5.82 Å². The van der Waals surface area contributed by atoms with Crippen molar-refractivity contribution in [3.63, 3.8) is 0 Å². The SMILES string of the molecule is CC1=CC(Nc2nc(Cc3cc(F)c(-c4cnn(C)c4)cc3C)ncc2Cl)=NC1. The van der Waals surface area contributed by atoms with Crippen molar-refractivity contribution in [2.75, 3.05) is 11.9 Å². The third kappa shape index (κ3) is 4.19. The summed E-state index contributed by atoms with van der Waals surface area (Å²) < 4.78 is 16.4. The van der Waals surface area contributed by atoms with Crippen LogP contribution in [0.5, 0.6) is 0 Å². The summed E-state index contributed by atoms with van der Waals surface area (Å²) in [6, 6.07) is 3.37. The van der Waals surface area contributed by atoms with Gasteiger partial charge in [0.1, 0.15) is 22.5 Å². The minimum Gasteiger partial charge on any atom is -0.324 e. The van der Waals surface area contributed by atoms with Gasteiger partial charge in [0, 0.05) is 30.8 Å². The van der Waals surface area contributed by atoms with E-state index in [-0.39, 0.29) is 5.82 Å². The summed E-state index contributed by atoms with van der Waals surface area (Å²) in [4.78, 5) is 13.2. The Hall–Kier alpha value is -3.06. The van der Waals surface area contributed by atoms with Crippen LogP contribution in [0.25, 0.3) is 11.1 Å². The Morgan fingerprint density at radius 2 is 2.07 bits per heavy atom. The Morgan fingerprint density at radius 1 is 1.24 bits per heavy atom. The number of rotatable bonds is 4. The molecule has 4 rings (SSSR count). The van der Waals surface area contributed by atoms with Crippen molar-refractivity contribution >= 4 is 23.3 Å². The topological polar surface area (TPSA) is 68.0 Å². The highest BCUT2D eigenvalue weighted by atomic mass is 35.5. The first-order valence-electron chi connectivity index (χ1n) is 9.17. The first kappa shape index (κ1) is 19.3. The maximum atomic E-state index is 14.7. The summed E-state index contributed by atoms with van der Waals surface area (Å²) in [5, 5.41) is 7.65. The predicted octanol–water partition coefficient (Wildman–Crippen LogP) is 4.34. The summed E-state index contributed by atoms with van der Waals surface area (Å²) >= 11 is 6.23.